The van der Waals surface area contributed by atoms with E-state index >= 15 is 0 Å². The van der Waals surface area contributed by atoms with Gasteiger partial charge in [-0.1, -0.05) is 24.3 Å². The summed E-state index contributed by atoms with van der Waals surface area (Å²) >= 11 is 0. The van der Waals surface area contributed by atoms with Crippen molar-refractivity contribution in [2.45, 2.75) is 26.4 Å². The van der Waals surface area contributed by atoms with Crippen LogP contribution >= 0.6 is 0 Å². The van der Waals surface area contributed by atoms with E-state index in [1.807, 2.05) is 45.1 Å². The Hall–Kier alpha value is -1.61. The fourth-order valence-corrected chi connectivity index (χ4v) is 1.31. The summed E-state index contributed by atoms with van der Waals surface area (Å²) in [6.07, 6.45) is 3.72. The first-order valence-corrected chi connectivity index (χ1v) is 5.62. The molecule has 3 heteroatoms. The van der Waals surface area contributed by atoms with E-state index in [1.54, 1.807) is 12.1 Å². The average Bonchev–Trinajstić information content (AvgIpc) is 2.24. The molecule has 92 valence electrons. The second kappa shape index (κ2) is 5.64. The van der Waals surface area contributed by atoms with E-state index in [0.29, 0.717) is 12.1 Å². The third-order valence-electron chi connectivity index (χ3n) is 1.97. The van der Waals surface area contributed by atoms with Gasteiger partial charge in [0.15, 0.2) is 0 Å². The van der Waals surface area contributed by atoms with Crippen molar-refractivity contribution in [3.63, 3.8) is 0 Å². The smallest absolute Gasteiger partial charge is 0.338 e. The molecule has 2 N–H and O–H groups in total. The van der Waals surface area contributed by atoms with Crippen molar-refractivity contribution < 1.29 is 9.53 Å². The Bertz CT molecular complexity index is 416. The van der Waals surface area contributed by atoms with Gasteiger partial charge in [0.25, 0.3) is 0 Å². The summed E-state index contributed by atoms with van der Waals surface area (Å²) < 4.78 is 5.30. The summed E-state index contributed by atoms with van der Waals surface area (Å²) in [5, 5.41) is 0. The van der Waals surface area contributed by atoms with E-state index in [0.717, 1.165) is 5.56 Å². The number of ether oxygens (including phenoxy) is 1. The SMILES string of the molecule is CC(C)(C)OC(=O)c1cccc(C=CCN)c1. The fraction of sp³-hybridized carbons (Fsp3) is 0.357. The van der Waals surface area contributed by atoms with Crippen LogP contribution in [-0.4, -0.2) is 18.1 Å². The normalized spacial score (nSPS) is 11.8. The van der Waals surface area contributed by atoms with Gasteiger partial charge in [-0.2, -0.15) is 0 Å². The number of benzene rings is 1. The molecule has 0 unspecified atom stereocenters. The van der Waals surface area contributed by atoms with Crippen LogP contribution < -0.4 is 5.73 Å². The van der Waals surface area contributed by atoms with Gasteiger partial charge in [0.05, 0.1) is 5.56 Å². The van der Waals surface area contributed by atoms with Crippen molar-refractivity contribution in [2.24, 2.45) is 5.73 Å². The molecule has 1 aromatic carbocycles. The Morgan fingerprint density at radius 1 is 1.41 bits per heavy atom. The molecular weight excluding hydrogens is 214 g/mol. The van der Waals surface area contributed by atoms with E-state index < -0.39 is 5.60 Å². The van der Waals surface area contributed by atoms with Gasteiger partial charge in [-0.05, 0) is 38.5 Å². The maximum absolute atomic E-state index is 11.8. The number of rotatable bonds is 3. The summed E-state index contributed by atoms with van der Waals surface area (Å²) in [6, 6.07) is 7.28. The second-order valence-electron chi connectivity index (χ2n) is 4.77. The molecule has 0 aliphatic heterocycles. The summed E-state index contributed by atoms with van der Waals surface area (Å²) in [6.45, 7) is 6.03. The highest BCUT2D eigenvalue weighted by molar-refractivity contribution is 5.90. The third-order valence-corrected chi connectivity index (χ3v) is 1.97. The van der Waals surface area contributed by atoms with Crippen LogP contribution in [0.2, 0.25) is 0 Å². The van der Waals surface area contributed by atoms with Gasteiger partial charge in [-0.15, -0.1) is 0 Å². The number of carbonyl (C=O) groups is 1. The molecule has 0 heterocycles. The largest absolute Gasteiger partial charge is 0.456 e. The predicted octanol–water partition coefficient (Wildman–Crippen LogP) is 2.61. The number of carbonyl (C=O) groups excluding carboxylic acids is 1. The molecule has 0 amide bonds. The van der Waals surface area contributed by atoms with Crippen LogP contribution in [-0.2, 0) is 4.74 Å². The monoisotopic (exact) mass is 233 g/mol. The predicted molar refractivity (Wildman–Crippen MR) is 69.7 cm³/mol. The minimum absolute atomic E-state index is 0.305. The average molecular weight is 233 g/mol. The molecular formula is C14H19NO2. The van der Waals surface area contributed by atoms with Crippen LogP contribution in [0.25, 0.3) is 6.08 Å². The zero-order valence-electron chi connectivity index (χ0n) is 10.6. The Labute approximate surface area is 102 Å². The molecule has 1 rings (SSSR count). The van der Waals surface area contributed by atoms with Crippen LogP contribution in [0, 0.1) is 0 Å². The molecule has 17 heavy (non-hydrogen) atoms. The van der Waals surface area contributed by atoms with Gasteiger partial charge >= 0.3 is 5.97 Å². The summed E-state index contributed by atoms with van der Waals surface area (Å²) in [4.78, 5) is 11.8. The fourth-order valence-electron chi connectivity index (χ4n) is 1.31. The quantitative estimate of drug-likeness (QED) is 0.816. The number of hydrogen-bond acceptors (Lipinski definition) is 3. The molecule has 0 aliphatic carbocycles. The van der Waals surface area contributed by atoms with E-state index in [9.17, 15) is 4.79 Å². The van der Waals surface area contributed by atoms with Crippen molar-refractivity contribution in [3.8, 4) is 0 Å². The molecule has 1 aromatic rings. The molecule has 0 saturated heterocycles. The summed E-state index contributed by atoms with van der Waals surface area (Å²) in [5.74, 6) is -0.305. The number of hydrogen-bond donors (Lipinski definition) is 1. The van der Waals surface area contributed by atoms with Crippen molar-refractivity contribution in [2.75, 3.05) is 6.54 Å². The Morgan fingerprint density at radius 2 is 2.12 bits per heavy atom. The van der Waals surface area contributed by atoms with E-state index in [-0.39, 0.29) is 5.97 Å². The minimum Gasteiger partial charge on any atom is -0.456 e. The van der Waals surface area contributed by atoms with Gasteiger partial charge in [-0.25, -0.2) is 4.79 Å². The molecule has 0 fully saturated rings. The molecule has 0 radical (unpaired) electrons. The van der Waals surface area contributed by atoms with Gasteiger partial charge in [-0.3, -0.25) is 0 Å². The first kappa shape index (κ1) is 13.5. The lowest BCUT2D eigenvalue weighted by Gasteiger charge is -2.19. The van der Waals surface area contributed by atoms with Crippen molar-refractivity contribution in [1.82, 2.24) is 0 Å². The van der Waals surface area contributed by atoms with Gasteiger partial charge in [0.1, 0.15) is 5.60 Å². The van der Waals surface area contributed by atoms with E-state index in [1.165, 1.54) is 0 Å². The number of nitrogens with two attached hydrogens (primary N) is 1. The lowest BCUT2D eigenvalue weighted by molar-refractivity contribution is 0.00695. The van der Waals surface area contributed by atoms with Crippen molar-refractivity contribution in [3.05, 3.63) is 41.5 Å². The van der Waals surface area contributed by atoms with Gasteiger partial charge in [0, 0.05) is 6.54 Å². The molecule has 0 bridgehead atoms. The molecule has 0 aromatic heterocycles. The van der Waals surface area contributed by atoms with Crippen LogP contribution in [0.3, 0.4) is 0 Å². The topological polar surface area (TPSA) is 52.3 Å². The lowest BCUT2D eigenvalue weighted by atomic mass is 10.1. The maximum atomic E-state index is 11.8. The zero-order chi connectivity index (χ0) is 12.9. The second-order valence-corrected chi connectivity index (χ2v) is 4.77. The summed E-state index contributed by atoms with van der Waals surface area (Å²) in [5.41, 5.74) is 6.41. The Kier molecular flexibility index (Phi) is 4.46. The maximum Gasteiger partial charge on any atom is 0.338 e. The standard InChI is InChI=1S/C14H19NO2/c1-14(2,3)17-13(16)12-8-4-6-11(10-12)7-5-9-15/h4-8,10H,9,15H2,1-3H3. The van der Waals surface area contributed by atoms with Crippen LogP contribution in [0.1, 0.15) is 36.7 Å². The Morgan fingerprint density at radius 3 is 2.71 bits per heavy atom. The molecule has 0 spiro atoms. The highest BCUT2D eigenvalue weighted by Gasteiger charge is 2.17. The first-order valence-electron chi connectivity index (χ1n) is 5.62. The van der Waals surface area contributed by atoms with Crippen molar-refractivity contribution >= 4 is 12.0 Å². The van der Waals surface area contributed by atoms with Crippen molar-refractivity contribution in [1.29, 1.82) is 0 Å². The third kappa shape index (κ3) is 4.83. The van der Waals surface area contributed by atoms with Crippen LogP contribution in [0.15, 0.2) is 30.3 Å². The minimum atomic E-state index is -0.472. The van der Waals surface area contributed by atoms with E-state index in [4.69, 9.17) is 10.5 Å². The number of esters is 1. The van der Waals surface area contributed by atoms with Crippen LogP contribution in [0.5, 0.6) is 0 Å². The summed E-state index contributed by atoms with van der Waals surface area (Å²) in [7, 11) is 0. The molecule has 3 nitrogen and oxygen atoms in total. The Balaban J connectivity index is 2.84. The zero-order valence-corrected chi connectivity index (χ0v) is 10.6. The van der Waals surface area contributed by atoms with Crippen LogP contribution in [0.4, 0.5) is 0 Å². The highest BCUT2D eigenvalue weighted by Crippen LogP contribution is 2.13. The lowest BCUT2D eigenvalue weighted by Crippen LogP contribution is -2.23. The molecule has 0 aliphatic rings. The molecule has 0 saturated carbocycles. The molecule has 0 atom stereocenters. The van der Waals surface area contributed by atoms with Gasteiger partial charge < -0.3 is 10.5 Å². The van der Waals surface area contributed by atoms with E-state index in [2.05, 4.69) is 0 Å². The van der Waals surface area contributed by atoms with Gasteiger partial charge in [0.2, 0.25) is 0 Å². The highest BCUT2D eigenvalue weighted by atomic mass is 16.6. The first-order chi connectivity index (χ1) is 7.92.